The molecule has 2 fully saturated rings. The van der Waals surface area contributed by atoms with Crippen LogP contribution in [0.2, 0.25) is 0 Å². The number of nitro groups is 1. The van der Waals surface area contributed by atoms with Crippen LogP contribution < -0.4 is 0 Å². The van der Waals surface area contributed by atoms with Crippen LogP contribution in [-0.2, 0) is 9.47 Å². The smallest absolute Gasteiger partial charge is 0.276 e. The van der Waals surface area contributed by atoms with Gasteiger partial charge >= 0.3 is 0 Å². The van der Waals surface area contributed by atoms with E-state index < -0.39 is 5.03 Å². The summed E-state index contributed by atoms with van der Waals surface area (Å²) in [4.78, 5) is 14.5. The fourth-order valence-corrected chi connectivity index (χ4v) is 2.49. The Hall–Kier alpha value is -1.41. The Morgan fingerprint density at radius 1 is 1.63 bits per heavy atom. The van der Waals surface area contributed by atoms with Crippen LogP contribution in [0.1, 0.15) is 13.3 Å². The maximum absolute atomic E-state index is 10.7. The zero-order valence-electron chi connectivity index (χ0n) is 11.3. The number of hydrogen-bond donors (Lipinski definition) is 0. The average molecular weight is 272 g/mol. The van der Waals surface area contributed by atoms with Crippen molar-refractivity contribution in [1.82, 2.24) is 9.80 Å². The van der Waals surface area contributed by atoms with Crippen LogP contribution in [0.4, 0.5) is 0 Å². The third-order valence-corrected chi connectivity index (χ3v) is 3.60. The molecule has 0 bridgehead atoms. The quantitative estimate of drug-likeness (QED) is 0.524. The molecule has 2 rings (SSSR count). The van der Waals surface area contributed by atoms with E-state index in [1.54, 1.807) is 7.11 Å². The number of ether oxygens (including phenoxy) is 2. The first-order chi connectivity index (χ1) is 9.11. The molecule has 0 spiro atoms. The first-order valence-electron chi connectivity index (χ1n) is 6.47. The SMILES string of the molecule is COC(C)N1CCN(CC2CCOC2)C1=N[N+](=O)[O-]. The van der Waals surface area contributed by atoms with Gasteiger partial charge < -0.3 is 19.3 Å². The van der Waals surface area contributed by atoms with E-state index in [-0.39, 0.29) is 6.23 Å². The van der Waals surface area contributed by atoms with Gasteiger partial charge in [0.15, 0.2) is 5.03 Å². The Morgan fingerprint density at radius 3 is 3.00 bits per heavy atom. The summed E-state index contributed by atoms with van der Waals surface area (Å²) in [6, 6.07) is 0. The van der Waals surface area contributed by atoms with Gasteiger partial charge in [0.05, 0.1) is 6.61 Å². The molecule has 0 amide bonds. The summed E-state index contributed by atoms with van der Waals surface area (Å²) in [5.41, 5.74) is 0. The molecule has 19 heavy (non-hydrogen) atoms. The molecule has 8 nitrogen and oxygen atoms in total. The second kappa shape index (κ2) is 6.16. The van der Waals surface area contributed by atoms with Crippen molar-refractivity contribution in [3.63, 3.8) is 0 Å². The molecule has 0 aliphatic carbocycles. The lowest BCUT2D eigenvalue weighted by Gasteiger charge is -2.26. The highest BCUT2D eigenvalue weighted by molar-refractivity contribution is 5.81. The first kappa shape index (κ1) is 14.0. The van der Waals surface area contributed by atoms with Crippen LogP contribution in [0, 0.1) is 16.0 Å². The van der Waals surface area contributed by atoms with Crippen molar-refractivity contribution in [3.8, 4) is 0 Å². The molecule has 108 valence electrons. The summed E-state index contributed by atoms with van der Waals surface area (Å²) in [6.07, 6.45) is 0.783. The van der Waals surface area contributed by atoms with Gasteiger partial charge in [-0.25, -0.2) is 10.1 Å². The number of methoxy groups -OCH3 is 1. The van der Waals surface area contributed by atoms with Gasteiger partial charge in [0, 0.05) is 39.3 Å². The van der Waals surface area contributed by atoms with Gasteiger partial charge in [-0.15, -0.1) is 0 Å². The maximum Gasteiger partial charge on any atom is 0.276 e. The van der Waals surface area contributed by atoms with Crippen LogP contribution in [0.5, 0.6) is 0 Å². The standard InChI is InChI=1S/C11H20N4O4/c1-9(18-2)14-5-4-13(11(14)12-15(16)17)7-10-3-6-19-8-10/h9-10H,3-8H2,1-2H3. The van der Waals surface area contributed by atoms with E-state index in [1.165, 1.54) is 0 Å². The molecule has 2 unspecified atom stereocenters. The molecule has 2 atom stereocenters. The van der Waals surface area contributed by atoms with E-state index >= 15 is 0 Å². The number of nitrogens with zero attached hydrogens (tertiary/aromatic N) is 4. The molecule has 2 aliphatic heterocycles. The summed E-state index contributed by atoms with van der Waals surface area (Å²) in [5.74, 6) is 0.820. The molecule has 2 heterocycles. The molecular formula is C11H20N4O4. The molecule has 0 radical (unpaired) electrons. The van der Waals surface area contributed by atoms with Gasteiger partial charge in [-0.3, -0.25) is 0 Å². The summed E-state index contributed by atoms with van der Waals surface area (Å²) >= 11 is 0. The molecule has 0 aromatic rings. The molecule has 0 aromatic heterocycles. The van der Waals surface area contributed by atoms with E-state index in [4.69, 9.17) is 9.47 Å². The molecule has 8 heteroatoms. The van der Waals surface area contributed by atoms with Crippen molar-refractivity contribution in [2.75, 3.05) is 40.0 Å². The van der Waals surface area contributed by atoms with Crippen LogP contribution in [0.3, 0.4) is 0 Å². The second-order valence-corrected chi connectivity index (χ2v) is 4.84. The largest absolute Gasteiger partial charge is 0.381 e. The Morgan fingerprint density at radius 2 is 2.42 bits per heavy atom. The van der Waals surface area contributed by atoms with Gasteiger partial charge in [0.2, 0.25) is 0 Å². The number of rotatable bonds is 5. The van der Waals surface area contributed by atoms with Crippen molar-refractivity contribution in [1.29, 1.82) is 0 Å². The third-order valence-electron chi connectivity index (χ3n) is 3.60. The molecule has 2 aliphatic rings. The van der Waals surface area contributed by atoms with Gasteiger partial charge in [-0.2, -0.15) is 0 Å². The minimum absolute atomic E-state index is 0.219. The van der Waals surface area contributed by atoms with Gasteiger partial charge in [0.1, 0.15) is 11.3 Å². The number of hydrogen-bond acceptors (Lipinski definition) is 4. The lowest BCUT2D eigenvalue weighted by Crippen LogP contribution is -2.42. The molecule has 0 N–H and O–H groups in total. The average Bonchev–Trinajstić information content (AvgIpc) is 3.00. The fourth-order valence-electron chi connectivity index (χ4n) is 2.49. The minimum atomic E-state index is -0.645. The van der Waals surface area contributed by atoms with E-state index in [0.29, 0.717) is 18.4 Å². The highest BCUT2D eigenvalue weighted by Crippen LogP contribution is 2.19. The first-order valence-corrected chi connectivity index (χ1v) is 6.47. The summed E-state index contributed by atoms with van der Waals surface area (Å²) in [7, 11) is 1.59. The number of guanidine groups is 1. The van der Waals surface area contributed by atoms with Crippen LogP contribution in [-0.4, -0.2) is 67.0 Å². The summed E-state index contributed by atoms with van der Waals surface area (Å²) < 4.78 is 10.6. The van der Waals surface area contributed by atoms with E-state index in [1.807, 2.05) is 16.7 Å². The van der Waals surface area contributed by atoms with Crippen LogP contribution in [0.15, 0.2) is 5.10 Å². The van der Waals surface area contributed by atoms with E-state index in [9.17, 15) is 10.1 Å². The predicted octanol–water partition coefficient (Wildman–Crippen LogP) is 0.181. The fraction of sp³-hybridized carbons (Fsp3) is 0.909. The molecule has 0 saturated carbocycles. The van der Waals surface area contributed by atoms with E-state index in [2.05, 4.69) is 5.10 Å². The topological polar surface area (TPSA) is 80.4 Å². The van der Waals surface area contributed by atoms with Crippen LogP contribution in [0.25, 0.3) is 0 Å². The number of hydrazone groups is 1. The van der Waals surface area contributed by atoms with Gasteiger partial charge in [-0.05, 0) is 13.3 Å². The lowest BCUT2D eigenvalue weighted by atomic mass is 10.1. The van der Waals surface area contributed by atoms with Crippen molar-refractivity contribution >= 4 is 5.96 Å². The van der Waals surface area contributed by atoms with Gasteiger partial charge in [0.25, 0.3) is 5.96 Å². The zero-order chi connectivity index (χ0) is 13.8. The molecule has 0 aromatic carbocycles. The second-order valence-electron chi connectivity index (χ2n) is 4.84. The highest BCUT2D eigenvalue weighted by atomic mass is 16.7. The Balaban J connectivity index is 2.07. The van der Waals surface area contributed by atoms with Crippen LogP contribution >= 0.6 is 0 Å². The summed E-state index contributed by atoms with van der Waals surface area (Å²) in [5, 5.41) is 13.6. The minimum Gasteiger partial charge on any atom is -0.381 e. The van der Waals surface area contributed by atoms with Crippen molar-refractivity contribution in [3.05, 3.63) is 10.1 Å². The highest BCUT2D eigenvalue weighted by Gasteiger charge is 2.34. The van der Waals surface area contributed by atoms with Crippen molar-refractivity contribution in [2.45, 2.75) is 19.6 Å². The normalized spacial score (nSPS) is 27.3. The Labute approximate surface area is 112 Å². The Bertz CT molecular complexity index is 357. The third kappa shape index (κ3) is 3.32. The Kier molecular flexibility index (Phi) is 4.54. The lowest BCUT2D eigenvalue weighted by molar-refractivity contribution is -0.486. The molecule has 2 saturated heterocycles. The maximum atomic E-state index is 10.7. The zero-order valence-corrected chi connectivity index (χ0v) is 11.3. The summed E-state index contributed by atoms with van der Waals surface area (Å²) in [6.45, 7) is 5.53. The van der Waals surface area contributed by atoms with Crippen molar-refractivity contribution < 1.29 is 14.5 Å². The predicted molar refractivity (Wildman–Crippen MR) is 68.1 cm³/mol. The molecular weight excluding hydrogens is 252 g/mol. The monoisotopic (exact) mass is 272 g/mol. The van der Waals surface area contributed by atoms with Gasteiger partial charge in [-0.1, -0.05) is 0 Å². The van der Waals surface area contributed by atoms with E-state index in [0.717, 1.165) is 32.7 Å². The van der Waals surface area contributed by atoms with Crippen molar-refractivity contribution in [2.24, 2.45) is 11.0 Å².